The van der Waals surface area contributed by atoms with Gasteiger partial charge in [-0.3, -0.25) is 0 Å². The van der Waals surface area contributed by atoms with E-state index in [-0.39, 0.29) is 0 Å². The Morgan fingerprint density at radius 2 is 0.277 bits per heavy atom. The highest BCUT2D eigenvalue weighted by molar-refractivity contribution is 6.15. The molecule has 0 aliphatic carbocycles. The largest absolute Gasteiger partial charge is 0.309 e. The van der Waals surface area contributed by atoms with Gasteiger partial charge in [0.05, 0.1) is 44.1 Å². The highest BCUT2D eigenvalue weighted by Crippen LogP contribution is 2.43. The Kier molecular flexibility index (Phi) is 16.2. The number of benzene rings is 18. The van der Waals surface area contributed by atoms with Crippen LogP contribution in [0.1, 0.15) is 0 Å². The summed E-state index contributed by atoms with van der Waals surface area (Å²) < 4.78 is 9.62. The minimum Gasteiger partial charge on any atom is -0.309 e. The minimum absolute atomic E-state index is 1.15. The molecule has 4 heteroatoms. The number of rotatable bonds is 12. The van der Waals surface area contributed by atoms with Crippen molar-refractivity contribution in [2.24, 2.45) is 0 Å². The Morgan fingerprint density at radius 3 is 0.554 bits per heavy atom. The van der Waals surface area contributed by atoms with Gasteiger partial charge in [0.2, 0.25) is 0 Å². The van der Waals surface area contributed by atoms with Gasteiger partial charge in [-0.2, -0.15) is 0 Å². The molecule has 0 N–H and O–H groups in total. The van der Waals surface area contributed by atoms with Gasteiger partial charge < -0.3 is 18.3 Å². The van der Waals surface area contributed by atoms with E-state index in [0.717, 1.165) is 22.7 Å². The topological polar surface area (TPSA) is 19.7 Å². The van der Waals surface area contributed by atoms with E-state index in [2.05, 4.69) is 455 Å². The predicted molar refractivity (Wildman–Crippen MR) is 474 cm³/mol. The van der Waals surface area contributed by atoms with Crippen LogP contribution < -0.4 is 0 Å². The van der Waals surface area contributed by atoms with E-state index < -0.39 is 0 Å². The third-order valence-electron chi connectivity index (χ3n) is 22.7. The fourth-order valence-corrected chi connectivity index (χ4v) is 17.2. The Morgan fingerprint density at radius 1 is 0.0982 bits per heavy atom. The summed E-state index contributed by atoms with van der Waals surface area (Å²) >= 11 is 0. The van der Waals surface area contributed by atoms with E-state index >= 15 is 0 Å². The molecule has 0 radical (unpaired) electrons. The SMILES string of the molecule is c1ccc(-c2ccc(-c3ccc(-n4c5ccccc5c5cc(-c6ccc7c(c6)c6ccccc6n7-c6cccc(-c7ccccc7)c6)ccc54)cc3)cc2)cc1.c1ccc(-c2ccc(-c3cccc(-n4c5ccccc5c5cc(-c6ccc7c(c6)c6ccccc6n7-c6cccc(-c7ccccc7)c6)ccc54)c3)cc2)cc1. The maximum absolute atomic E-state index is 2.41. The zero-order valence-corrected chi connectivity index (χ0v) is 61.4. The van der Waals surface area contributed by atoms with Crippen LogP contribution in [0.4, 0.5) is 0 Å². The van der Waals surface area contributed by atoms with Crippen LogP contribution in [0, 0.1) is 0 Å². The summed E-state index contributed by atoms with van der Waals surface area (Å²) in [6.07, 6.45) is 0. The maximum atomic E-state index is 2.41. The van der Waals surface area contributed by atoms with E-state index in [0.29, 0.717) is 0 Å². The molecule has 4 heterocycles. The molecule has 0 bridgehead atoms. The molecule has 0 unspecified atom stereocenters. The van der Waals surface area contributed by atoms with Gasteiger partial charge in [0.15, 0.2) is 0 Å². The summed E-state index contributed by atoms with van der Waals surface area (Å²) in [4.78, 5) is 0. The molecule has 18 aromatic carbocycles. The third-order valence-corrected chi connectivity index (χ3v) is 22.7. The van der Waals surface area contributed by atoms with Crippen molar-refractivity contribution < 1.29 is 0 Å². The monoisotopic (exact) mass is 1420 g/mol. The number of nitrogens with zero attached hydrogens (tertiary/aromatic N) is 4. The molecule has 524 valence electrons. The van der Waals surface area contributed by atoms with Crippen molar-refractivity contribution in [1.82, 2.24) is 18.3 Å². The lowest BCUT2D eigenvalue weighted by molar-refractivity contribution is 1.18. The molecule has 0 saturated carbocycles. The molecule has 0 spiro atoms. The lowest BCUT2D eigenvalue weighted by Crippen LogP contribution is -1.94. The first-order valence-corrected chi connectivity index (χ1v) is 38.5. The minimum atomic E-state index is 1.15. The number of hydrogen-bond donors (Lipinski definition) is 0. The first-order valence-electron chi connectivity index (χ1n) is 38.5. The predicted octanol–water partition coefficient (Wildman–Crippen LogP) is 29.1. The molecule has 112 heavy (non-hydrogen) atoms. The first kappa shape index (κ1) is 65.5. The van der Waals surface area contributed by atoms with E-state index in [1.165, 1.54) is 176 Å². The molecule has 4 nitrogen and oxygen atoms in total. The average molecular weight is 1430 g/mol. The average Bonchev–Trinajstić information content (AvgIpc) is 1.59. The highest BCUT2D eigenvalue weighted by atomic mass is 15.0. The number of fused-ring (bicyclic) bond motifs is 12. The summed E-state index contributed by atoms with van der Waals surface area (Å²) in [6, 6.07) is 159. The van der Waals surface area contributed by atoms with Gasteiger partial charge in [0.1, 0.15) is 0 Å². The van der Waals surface area contributed by atoms with Gasteiger partial charge in [0, 0.05) is 65.8 Å². The molecule has 0 amide bonds. The van der Waals surface area contributed by atoms with Crippen LogP contribution in [0.25, 0.3) is 199 Å². The van der Waals surface area contributed by atoms with Crippen molar-refractivity contribution in [3.63, 3.8) is 0 Å². The van der Waals surface area contributed by atoms with Crippen molar-refractivity contribution in [2.75, 3.05) is 0 Å². The molecule has 22 rings (SSSR count). The molecule has 22 aromatic rings. The van der Waals surface area contributed by atoms with E-state index in [1.54, 1.807) is 0 Å². The number of para-hydroxylation sites is 4. The van der Waals surface area contributed by atoms with Crippen molar-refractivity contribution in [1.29, 1.82) is 0 Å². The van der Waals surface area contributed by atoms with Gasteiger partial charge in [-0.15, -0.1) is 0 Å². The van der Waals surface area contributed by atoms with Crippen LogP contribution in [0.15, 0.2) is 437 Å². The summed E-state index contributed by atoms with van der Waals surface area (Å²) in [5.41, 5.74) is 33.7. The number of hydrogen-bond acceptors (Lipinski definition) is 0. The Hall–Kier alpha value is -14.8. The molecular weight excluding hydrogens is 1350 g/mol. The van der Waals surface area contributed by atoms with E-state index in [9.17, 15) is 0 Å². The maximum Gasteiger partial charge on any atom is 0.0541 e. The molecular formula is C108H72N4. The molecule has 4 aromatic heterocycles. The number of aromatic nitrogens is 4. The van der Waals surface area contributed by atoms with Crippen LogP contribution in [0.2, 0.25) is 0 Å². The molecule has 0 fully saturated rings. The molecule has 0 aliphatic heterocycles. The zero-order valence-electron chi connectivity index (χ0n) is 61.4. The second-order valence-corrected chi connectivity index (χ2v) is 29.2. The molecule has 0 atom stereocenters. The van der Waals surface area contributed by atoms with Crippen LogP contribution >= 0.6 is 0 Å². The van der Waals surface area contributed by atoms with Gasteiger partial charge in [-0.05, 0) is 210 Å². The third kappa shape index (κ3) is 11.6. The summed E-state index contributed by atoms with van der Waals surface area (Å²) in [5.74, 6) is 0. The van der Waals surface area contributed by atoms with E-state index in [1.807, 2.05) is 0 Å². The van der Waals surface area contributed by atoms with Gasteiger partial charge in [0.25, 0.3) is 0 Å². The zero-order chi connectivity index (χ0) is 74.0. The standard InChI is InChI=1S/2C54H36N2/c1-3-13-37(14-4-1)39-25-27-40(28-26-39)42-18-12-20-46(34-42)56-52-24-10-8-22-48(52)50-36-44(30-32-54(50)56)43-29-31-53-49(35-43)47-21-7-9-23-51(47)55(53)45-19-11-17-41(33-45)38-15-5-2-6-16-38;1-3-12-37(13-4-1)39-22-24-40(25-23-39)41-26-30-45(31-27-41)55-51-20-9-7-18-47(51)49-35-43(28-32-53(49)55)44-29-33-54-50(36-44)48-19-8-10-21-52(48)56(54)46-17-11-16-42(34-46)38-14-5-2-6-15-38/h2*1-36H. The molecule has 0 saturated heterocycles. The van der Waals surface area contributed by atoms with Crippen LogP contribution in [-0.2, 0) is 0 Å². The fraction of sp³-hybridized carbons (Fsp3) is 0. The first-order chi connectivity index (χ1) is 55.5. The van der Waals surface area contributed by atoms with Crippen molar-refractivity contribution in [2.45, 2.75) is 0 Å². The fourth-order valence-electron chi connectivity index (χ4n) is 17.2. The normalized spacial score (nSPS) is 11.6. The van der Waals surface area contributed by atoms with Crippen molar-refractivity contribution in [3.05, 3.63) is 437 Å². The smallest absolute Gasteiger partial charge is 0.0541 e. The van der Waals surface area contributed by atoms with E-state index in [4.69, 9.17) is 0 Å². The van der Waals surface area contributed by atoms with Crippen LogP contribution in [-0.4, -0.2) is 18.3 Å². The van der Waals surface area contributed by atoms with Gasteiger partial charge >= 0.3 is 0 Å². The highest BCUT2D eigenvalue weighted by Gasteiger charge is 2.21. The molecule has 0 aliphatic rings. The summed E-state index contributed by atoms with van der Waals surface area (Å²) in [6.45, 7) is 0. The quantitative estimate of drug-likeness (QED) is 0.116. The van der Waals surface area contributed by atoms with Crippen molar-refractivity contribution >= 4 is 87.2 Å². The Bertz CT molecular complexity index is 7310. The summed E-state index contributed by atoms with van der Waals surface area (Å²) in [5, 5.41) is 10.00. The lowest BCUT2D eigenvalue weighted by atomic mass is 10.00. The Labute approximate surface area is 649 Å². The lowest BCUT2D eigenvalue weighted by Gasteiger charge is -2.12. The van der Waals surface area contributed by atoms with Crippen LogP contribution in [0.5, 0.6) is 0 Å². The summed E-state index contributed by atoms with van der Waals surface area (Å²) in [7, 11) is 0. The van der Waals surface area contributed by atoms with Gasteiger partial charge in [-0.25, -0.2) is 0 Å². The van der Waals surface area contributed by atoms with Crippen LogP contribution in [0.3, 0.4) is 0 Å². The van der Waals surface area contributed by atoms with Crippen molar-refractivity contribution in [3.8, 4) is 112 Å². The second-order valence-electron chi connectivity index (χ2n) is 29.2. The second kappa shape index (κ2) is 27.7. The van der Waals surface area contributed by atoms with Gasteiger partial charge in [-0.1, -0.05) is 315 Å². The Balaban J connectivity index is 0.000000141.